The van der Waals surface area contributed by atoms with Crippen LogP contribution in [0.2, 0.25) is 0 Å². The summed E-state index contributed by atoms with van der Waals surface area (Å²) in [6.45, 7) is 4.73. The molecular formula is C13H16N2O5S2. The van der Waals surface area contributed by atoms with Gasteiger partial charge in [0.1, 0.15) is 6.26 Å². The Bertz CT molecular complexity index is 927. The van der Waals surface area contributed by atoms with Crippen LogP contribution in [0.1, 0.15) is 16.7 Å². The third kappa shape index (κ3) is 3.14. The molecule has 0 atom stereocenters. The van der Waals surface area contributed by atoms with Crippen molar-refractivity contribution in [2.24, 2.45) is 0 Å². The summed E-state index contributed by atoms with van der Waals surface area (Å²) in [6.07, 6.45) is 2.35. The molecule has 0 saturated carbocycles. The topological polar surface area (TPSA) is 106 Å². The van der Waals surface area contributed by atoms with Gasteiger partial charge in [-0.15, -0.1) is 0 Å². The van der Waals surface area contributed by atoms with Gasteiger partial charge in [-0.1, -0.05) is 5.16 Å². The molecule has 7 nitrogen and oxygen atoms in total. The summed E-state index contributed by atoms with van der Waals surface area (Å²) in [5.74, 6) is 0.0711. The minimum Gasteiger partial charge on any atom is -0.362 e. The van der Waals surface area contributed by atoms with E-state index in [9.17, 15) is 16.8 Å². The normalized spacial score (nSPS) is 12.4. The zero-order chi connectivity index (χ0) is 16.7. The molecule has 1 heterocycles. The number of rotatable bonds is 4. The molecule has 0 bridgehead atoms. The van der Waals surface area contributed by atoms with E-state index in [0.717, 1.165) is 6.26 Å². The Labute approximate surface area is 129 Å². The van der Waals surface area contributed by atoms with E-state index in [0.29, 0.717) is 11.1 Å². The minimum absolute atomic E-state index is 0.00949. The quantitative estimate of drug-likeness (QED) is 0.906. The zero-order valence-corrected chi connectivity index (χ0v) is 14.2. The Balaban J connectivity index is 2.62. The van der Waals surface area contributed by atoms with E-state index in [1.807, 2.05) is 0 Å². The van der Waals surface area contributed by atoms with Crippen LogP contribution in [0.4, 0.5) is 5.82 Å². The third-order valence-electron chi connectivity index (χ3n) is 3.12. The predicted molar refractivity (Wildman–Crippen MR) is 81.1 cm³/mol. The van der Waals surface area contributed by atoms with Crippen molar-refractivity contribution in [3.05, 3.63) is 35.1 Å². The smallest absolute Gasteiger partial charge is 0.263 e. The Morgan fingerprint density at radius 2 is 1.64 bits per heavy atom. The van der Waals surface area contributed by atoms with E-state index in [2.05, 4.69) is 14.4 Å². The van der Waals surface area contributed by atoms with Crippen molar-refractivity contribution in [2.45, 2.75) is 30.6 Å². The first-order chi connectivity index (χ1) is 10.0. The molecule has 0 unspecified atom stereocenters. The number of aryl methyl sites for hydroxylation is 2. The van der Waals surface area contributed by atoms with Gasteiger partial charge >= 0.3 is 0 Å². The molecule has 0 fully saturated rings. The summed E-state index contributed by atoms with van der Waals surface area (Å²) in [7, 11) is -7.51. The number of benzene rings is 1. The van der Waals surface area contributed by atoms with E-state index >= 15 is 0 Å². The largest absolute Gasteiger partial charge is 0.362 e. The Kier molecular flexibility index (Phi) is 4.05. The lowest BCUT2D eigenvalue weighted by molar-refractivity contribution is 0.422. The number of hydrogen-bond donors (Lipinski definition) is 1. The fraction of sp³-hybridized carbons (Fsp3) is 0.308. The molecule has 1 N–H and O–H groups in total. The predicted octanol–water partition coefficient (Wildman–Crippen LogP) is 1.80. The monoisotopic (exact) mass is 344 g/mol. The van der Waals surface area contributed by atoms with Gasteiger partial charge in [0.05, 0.1) is 9.79 Å². The van der Waals surface area contributed by atoms with Gasteiger partial charge in [-0.25, -0.2) is 16.8 Å². The first kappa shape index (κ1) is 16.5. The van der Waals surface area contributed by atoms with E-state index in [-0.39, 0.29) is 21.2 Å². The van der Waals surface area contributed by atoms with Gasteiger partial charge in [-0.3, -0.25) is 4.72 Å². The fourth-order valence-corrected chi connectivity index (χ4v) is 4.57. The molecule has 0 spiro atoms. The standard InChI is InChI=1S/C13H16N2O5S2/c1-8-5-11(21(4,16)17)10(3)12(6-8)22(18,19)15-13-9(2)7-20-14-13/h5-7H,1-4H3,(H,14,15). The van der Waals surface area contributed by atoms with Crippen LogP contribution in [0.15, 0.2) is 32.7 Å². The molecular weight excluding hydrogens is 328 g/mol. The average molecular weight is 344 g/mol. The van der Waals surface area contributed by atoms with E-state index in [1.54, 1.807) is 13.8 Å². The van der Waals surface area contributed by atoms with Crippen molar-refractivity contribution in [2.75, 3.05) is 11.0 Å². The maximum atomic E-state index is 12.5. The molecule has 1 aromatic carbocycles. The zero-order valence-electron chi connectivity index (χ0n) is 12.5. The highest BCUT2D eigenvalue weighted by Gasteiger charge is 2.24. The van der Waals surface area contributed by atoms with E-state index in [4.69, 9.17) is 0 Å². The molecule has 0 aliphatic rings. The van der Waals surface area contributed by atoms with Crippen LogP contribution >= 0.6 is 0 Å². The third-order valence-corrected chi connectivity index (χ3v) is 5.81. The van der Waals surface area contributed by atoms with Crippen molar-refractivity contribution in [1.29, 1.82) is 0 Å². The van der Waals surface area contributed by atoms with Crippen LogP contribution in [0, 0.1) is 20.8 Å². The van der Waals surface area contributed by atoms with Crippen LogP contribution in [0.5, 0.6) is 0 Å². The van der Waals surface area contributed by atoms with E-state index in [1.165, 1.54) is 25.3 Å². The Morgan fingerprint density at radius 1 is 1.05 bits per heavy atom. The number of sulfone groups is 1. The van der Waals surface area contributed by atoms with Crippen LogP contribution < -0.4 is 4.72 Å². The molecule has 0 saturated heterocycles. The molecule has 0 aliphatic heterocycles. The molecule has 2 rings (SSSR count). The summed E-state index contributed by atoms with van der Waals surface area (Å²) in [6, 6.07) is 2.87. The van der Waals surface area contributed by atoms with Crippen molar-refractivity contribution in [1.82, 2.24) is 5.16 Å². The molecule has 9 heteroatoms. The van der Waals surface area contributed by atoms with Crippen molar-refractivity contribution < 1.29 is 21.4 Å². The molecule has 120 valence electrons. The van der Waals surface area contributed by atoms with Crippen molar-refractivity contribution in [3.8, 4) is 0 Å². The lowest BCUT2D eigenvalue weighted by atomic mass is 10.2. The molecule has 0 aliphatic carbocycles. The highest BCUT2D eigenvalue weighted by Crippen LogP contribution is 2.27. The number of nitrogens with zero attached hydrogens (tertiary/aromatic N) is 1. The van der Waals surface area contributed by atoms with Crippen LogP contribution in [-0.4, -0.2) is 28.2 Å². The second-order valence-electron chi connectivity index (χ2n) is 5.11. The molecule has 2 aromatic rings. The van der Waals surface area contributed by atoms with Gasteiger partial charge < -0.3 is 4.52 Å². The number of nitrogens with one attached hydrogen (secondary N) is 1. The Hall–Kier alpha value is -1.87. The second-order valence-corrected chi connectivity index (χ2v) is 8.75. The SMILES string of the molecule is Cc1cc(S(C)(=O)=O)c(C)c(S(=O)(=O)Nc2nocc2C)c1. The maximum Gasteiger partial charge on any atom is 0.263 e. The first-order valence-corrected chi connectivity index (χ1v) is 9.65. The summed E-state index contributed by atoms with van der Waals surface area (Å²) in [5, 5.41) is 3.57. The molecule has 0 amide bonds. The average Bonchev–Trinajstić information content (AvgIpc) is 2.75. The van der Waals surface area contributed by atoms with Gasteiger partial charge in [-0.05, 0) is 44.0 Å². The molecule has 22 heavy (non-hydrogen) atoms. The molecule has 0 radical (unpaired) electrons. The highest BCUT2D eigenvalue weighted by atomic mass is 32.2. The lowest BCUT2D eigenvalue weighted by Crippen LogP contribution is -2.17. The first-order valence-electron chi connectivity index (χ1n) is 6.27. The summed E-state index contributed by atoms with van der Waals surface area (Å²) < 4.78 is 55.6. The van der Waals surface area contributed by atoms with Crippen LogP contribution in [0.3, 0.4) is 0 Å². The van der Waals surface area contributed by atoms with Crippen molar-refractivity contribution in [3.63, 3.8) is 0 Å². The van der Waals surface area contributed by atoms with Gasteiger partial charge in [-0.2, -0.15) is 0 Å². The number of hydrogen-bond acceptors (Lipinski definition) is 6. The number of anilines is 1. The summed E-state index contributed by atoms with van der Waals surface area (Å²) in [4.78, 5) is -0.111. The van der Waals surface area contributed by atoms with Gasteiger partial charge in [0.2, 0.25) is 0 Å². The van der Waals surface area contributed by atoms with Gasteiger partial charge in [0.25, 0.3) is 10.0 Å². The minimum atomic E-state index is -3.98. The lowest BCUT2D eigenvalue weighted by Gasteiger charge is -2.13. The summed E-state index contributed by atoms with van der Waals surface area (Å²) in [5.41, 5.74) is 1.22. The molecule has 1 aromatic heterocycles. The number of sulfonamides is 1. The number of aromatic nitrogens is 1. The second kappa shape index (κ2) is 5.40. The van der Waals surface area contributed by atoms with Crippen LogP contribution in [-0.2, 0) is 19.9 Å². The van der Waals surface area contributed by atoms with Gasteiger partial charge in [0.15, 0.2) is 15.7 Å². The fourth-order valence-electron chi connectivity index (χ4n) is 2.02. The highest BCUT2D eigenvalue weighted by molar-refractivity contribution is 7.93. The van der Waals surface area contributed by atoms with Crippen molar-refractivity contribution >= 4 is 25.7 Å². The van der Waals surface area contributed by atoms with Crippen LogP contribution in [0.25, 0.3) is 0 Å². The Morgan fingerprint density at radius 3 is 2.14 bits per heavy atom. The van der Waals surface area contributed by atoms with E-state index < -0.39 is 19.9 Å². The maximum absolute atomic E-state index is 12.5. The summed E-state index contributed by atoms with van der Waals surface area (Å²) >= 11 is 0. The van der Waals surface area contributed by atoms with Gasteiger partial charge in [0, 0.05) is 11.8 Å².